The highest BCUT2D eigenvalue weighted by molar-refractivity contribution is 7.89. The number of nitrogens with one attached hydrogen (secondary N) is 2. The lowest BCUT2D eigenvalue weighted by Gasteiger charge is -2.12. The van der Waals surface area contributed by atoms with E-state index in [2.05, 4.69) is 14.7 Å². The van der Waals surface area contributed by atoms with Gasteiger partial charge in [-0.2, -0.15) is 0 Å². The molecule has 0 radical (unpaired) electrons. The van der Waals surface area contributed by atoms with Crippen LogP contribution in [0.4, 0.5) is 0 Å². The van der Waals surface area contributed by atoms with Gasteiger partial charge >= 0.3 is 0 Å². The van der Waals surface area contributed by atoms with Gasteiger partial charge in [-0.15, -0.1) is 0 Å². The predicted molar refractivity (Wildman–Crippen MR) is 74.7 cm³/mol. The van der Waals surface area contributed by atoms with Gasteiger partial charge in [0.05, 0.1) is 18.0 Å². The van der Waals surface area contributed by atoms with Crippen molar-refractivity contribution in [1.82, 2.24) is 14.7 Å². The highest BCUT2D eigenvalue weighted by Gasteiger charge is 2.19. The zero-order valence-corrected chi connectivity index (χ0v) is 12.3. The van der Waals surface area contributed by atoms with Crippen LogP contribution in [0.15, 0.2) is 29.4 Å². The van der Waals surface area contributed by atoms with Gasteiger partial charge in [-0.05, 0) is 30.2 Å². The van der Waals surface area contributed by atoms with Gasteiger partial charge in [0.15, 0.2) is 0 Å². The summed E-state index contributed by atoms with van der Waals surface area (Å²) in [6, 6.07) is 2.91. The summed E-state index contributed by atoms with van der Waals surface area (Å²) in [7, 11) is -3.73. The number of aliphatic hydroxyl groups excluding tert-OH is 1. The van der Waals surface area contributed by atoms with E-state index in [0.29, 0.717) is 17.0 Å². The maximum atomic E-state index is 12.3. The van der Waals surface area contributed by atoms with Gasteiger partial charge in [-0.1, -0.05) is 11.6 Å². The van der Waals surface area contributed by atoms with Gasteiger partial charge in [0.1, 0.15) is 5.82 Å². The minimum atomic E-state index is -3.73. The number of rotatable bonds is 5. The number of halogens is 1. The molecule has 0 spiro atoms. The molecule has 2 rings (SSSR count). The van der Waals surface area contributed by atoms with Crippen molar-refractivity contribution >= 4 is 21.6 Å². The Balaban J connectivity index is 2.31. The first-order valence-electron chi connectivity index (χ1n) is 5.82. The van der Waals surface area contributed by atoms with E-state index in [-0.39, 0.29) is 23.1 Å². The Labute approximate surface area is 121 Å². The van der Waals surface area contributed by atoms with Gasteiger partial charge < -0.3 is 10.1 Å². The van der Waals surface area contributed by atoms with E-state index in [0.717, 1.165) is 0 Å². The average Bonchev–Trinajstić information content (AvgIpc) is 2.92. The summed E-state index contributed by atoms with van der Waals surface area (Å²) in [6.45, 7) is 1.41. The maximum absolute atomic E-state index is 12.3. The minimum Gasteiger partial charge on any atom is -0.392 e. The molecule has 0 atom stereocenters. The summed E-state index contributed by atoms with van der Waals surface area (Å²) >= 11 is 5.88. The molecule has 3 N–H and O–H groups in total. The van der Waals surface area contributed by atoms with Crippen LogP contribution >= 0.6 is 11.6 Å². The summed E-state index contributed by atoms with van der Waals surface area (Å²) in [5, 5.41) is 9.49. The summed E-state index contributed by atoms with van der Waals surface area (Å²) in [6.07, 6.45) is 3.15. The highest BCUT2D eigenvalue weighted by Crippen LogP contribution is 2.24. The number of imidazole rings is 1. The summed E-state index contributed by atoms with van der Waals surface area (Å²) in [5.74, 6) is 0.510. The maximum Gasteiger partial charge on any atom is 0.241 e. The molecule has 2 aromatic rings. The normalized spacial score (nSPS) is 11.8. The number of sulfonamides is 1. The van der Waals surface area contributed by atoms with Crippen molar-refractivity contribution in [2.24, 2.45) is 0 Å². The molecule has 0 saturated carbocycles. The fraction of sp³-hybridized carbons (Fsp3) is 0.250. The molecule has 8 heteroatoms. The number of benzene rings is 1. The van der Waals surface area contributed by atoms with Gasteiger partial charge in [0, 0.05) is 17.4 Å². The number of nitrogens with zero attached hydrogens (tertiary/aromatic N) is 1. The van der Waals surface area contributed by atoms with Crippen molar-refractivity contribution in [3.63, 3.8) is 0 Å². The summed E-state index contributed by atoms with van der Waals surface area (Å²) in [4.78, 5) is 6.80. The Morgan fingerprint density at radius 2 is 2.20 bits per heavy atom. The molecule has 0 fully saturated rings. The van der Waals surface area contributed by atoms with Crippen LogP contribution in [0.1, 0.15) is 17.0 Å². The molecule has 0 aliphatic carbocycles. The van der Waals surface area contributed by atoms with Crippen LogP contribution in [0, 0.1) is 6.92 Å². The Hall–Kier alpha value is -1.41. The van der Waals surface area contributed by atoms with Crippen molar-refractivity contribution in [2.45, 2.75) is 25.0 Å². The Bertz CT molecular complexity index is 699. The van der Waals surface area contributed by atoms with Gasteiger partial charge in [-0.3, -0.25) is 0 Å². The van der Waals surface area contributed by atoms with Crippen LogP contribution in [0.5, 0.6) is 0 Å². The lowest BCUT2D eigenvalue weighted by molar-refractivity contribution is 0.280. The van der Waals surface area contributed by atoms with Crippen LogP contribution in [0.3, 0.4) is 0 Å². The van der Waals surface area contributed by atoms with Crippen molar-refractivity contribution in [2.75, 3.05) is 0 Å². The molecule has 0 bridgehead atoms. The molecule has 108 valence electrons. The van der Waals surface area contributed by atoms with E-state index in [9.17, 15) is 13.5 Å². The van der Waals surface area contributed by atoms with E-state index >= 15 is 0 Å². The molecule has 0 unspecified atom stereocenters. The lowest BCUT2D eigenvalue weighted by Crippen LogP contribution is -2.25. The van der Waals surface area contributed by atoms with Crippen LogP contribution in [-0.4, -0.2) is 23.5 Å². The first kappa shape index (κ1) is 15.0. The minimum absolute atomic E-state index is 0.0513. The number of hydrogen-bond acceptors (Lipinski definition) is 4. The molecule has 0 aliphatic rings. The van der Waals surface area contributed by atoms with E-state index in [1.807, 2.05) is 0 Å². The zero-order valence-electron chi connectivity index (χ0n) is 10.7. The van der Waals surface area contributed by atoms with E-state index in [1.165, 1.54) is 12.3 Å². The third-order valence-electron chi connectivity index (χ3n) is 2.88. The fourth-order valence-electron chi connectivity index (χ4n) is 1.79. The van der Waals surface area contributed by atoms with E-state index < -0.39 is 10.0 Å². The smallest absolute Gasteiger partial charge is 0.241 e. The van der Waals surface area contributed by atoms with Crippen LogP contribution in [0.25, 0.3) is 0 Å². The summed E-state index contributed by atoms with van der Waals surface area (Å²) < 4.78 is 27.0. The molecule has 0 amide bonds. The molecule has 0 aliphatic heterocycles. The molecule has 1 aromatic carbocycles. The monoisotopic (exact) mass is 315 g/mol. The highest BCUT2D eigenvalue weighted by atomic mass is 35.5. The average molecular weight is 316 g/mol. The molecule has 6 nitrogen and oxygen atoms in total. The molecule has 0 saturated heterocycles. The van der Waals surface area contributed by atoms with Gasteiger partial charge in [0.25, 0.3) is 0 Å². The van der Waals surface area contributed by atoms with Crippen LogP contribution in [0.2, 0.25) is 5.02 Å². The second-order valence-corrected chi connectivity index (χ2v) is 6.38. The van der Waals surface area contributed by atoms with Gasteiger partial charge in [0.2, 0.25) is 10.0 Å². The number of aromatic amines is 1. The van der Waals surface area contributed by atoms with E-state index in [4.69, 9.17) is 11.6 Å². The standard InChI is InChI=1S/C12H14ClN3O3S/c1-8-9(7-17)4-10(13)5-11(8)20(18,19)16-6-12-14-2-3-15-12/h2-5,16-17H,6-7H2,1H3,(H,14,15). The quantitative estimate of drug-likeness (QED) is 0.776. The van der Waals surface area contributed by atoms with Crippen LogP contribution in [-0.2, 0) is 23.2 Å². The van der Waals surface area contributed by atoms with Crippen molar-refractivity contribution in [3.05, 3.63) is 46.5 Å². The Kier molecular flexibility index (Phi) is 4.44. The van der Waals surface area contributed by atoms with Crippen molar-refractivity contribution in [3.8, 4) is 0 Å². The van der Waals surface area contributed by atoms with Crippen molar-refractivity contribution in [1.29, 1.82) is 0 Å². The molecule has 1 heterocycles. The second kappa shape index (κ2) is 5.92. The van der Waals surface area contributed by atoms with Gasteiger partial charge in [-0.25, -0.2) is 18.1 Å². The second-order valence-electron chi connectivity index (χ2n) is 4.21. The van der Waals surface area contributed by atoms with Crippen molar-refractivity contribution < 1.29 is 13.5 Å². The third-order valence-corrected chi connectivity index (χ3v) is 4.62. The number of aliphatic hydroxyl groups is 1. The third kappa shape index (κ3) is 3.18. The Morgan fingerprint density at radius 3 is 2.80 bits per heavy atom. The molecular formula is C12H14ClN3O3S. The molecule has 1 aromatic heterocycles. The Morgan fingerprint density at radius 1 is 1.45 bits per heavy atom. The number of H-pyrrole nitrogens is 1. The molecular weight excluding hydrogens is 302 g/mol. The lowest BCUT2D eigenvalue weighted by atomic mass is 10.1. The first-order chi connectivity index (χ1) is 9.44. The van der Waals surface area contributed by atoms with E-state index in [1.54, 1.807) is 19.2 Å². The fourth-order valence-corrected chi connectivity index (χ4v) is 3.39. The summed E-state index contributed by atoms with van der Waals surface area (Å²) in [5.41, 5.74) is 0.958. The first-order valence-corrected chi connectivity index (χ1v) is 7.68. The number of hydrogen-bond donors (Lipinski definition) is 3. The number of aromatic nitrogens is 2. The predicted octanol–water partition coefficient (Wildman–Crippen LogP) is 1.34. The zero-order chi connectivity index (χ0) is 14.8. The topological polar surface area (TPSA) is 95.1 Å². The van der Waals surface area contributed by atoms with Crippen LogP contribution < -0.4 is 4.72 Å². The largest absolute Gasteiger partial charge is 0.392 e. The SMILES string of the molecule is Cc1c(CO)cc(Cl)cc1S(=O)(=O)NCc1ncc[nH]1. The molecule has 20 heavy (non-hydrogen) atoms.